The van der Waals surface area contributed by atoms with Gasteiger partial charge in [0.15, 0.2) is 0 Å². The lowest BCUT2D eigenvalue weighted by Crippen LogP contribution is -2.33. The maximum atomic E-state index is 11.5. The molecule has 1 aromatic rings. The van der Waals surface area contributed by atoms with Gasteiger partial charge in [-0.05, 0) is 6.92 Å². The Balaban J connectivity index is 2.97. The highest BCUT2D eigenvalue weighted by atomic mass is 32.2. The molecular formula is C8H12N2O4S. The molecule has 0 spiro atoms. The van der Waals surface area contributed by atoms with E-state index in [-0.39, 0.29) is 11.4 Å². The molecule has 1 aromatic heterocycles. The molecular weight excluding hydrogens is 220 g/mol. The molecule has 1 heterocycles. The van der Waals surface area contributed by atoms with E-state index in [4.69, 9.17) is 5.11 Å². The van der Waals surface area contributed by atoms with Gasteiger partial charge in [-0.1, -0.05) is 0 Å². The molecule has 6 nitrogen and oxygen atoms in total. The summed E-state index contributed by atoms with van der Waals surface area (Å²) in [5.74, 6) is 0. The minimum absolute atomic E-state index is 0.128. The van der Waals surface area contributed by atoms with Crippen LogP contribution < -0.4 is 10.2 Å². The van der Waals surface area contributed by atoms with Crippen LogP contribution in [0.15, 0.2) is 28.2 Å². The quantitative estimate of drug-likeness (QED) is 0.622. The van der Waals surface area contributed by atoms with Crippen LogP contribution in [0.25, 0.3) is 0 Å². The number of pyridine rings is 1. The lowest BCUT2D eigenvalue weighted by atomic mass is 10.4. The Hall–Kier alpha value is -1.18. The molecule has 0 aliphatic heterocycles. The third-order valence-electron chi connectivity index (χ3n) is 1.65. The number of aliphatic hydroxyl groups excluding tert-OH is 1. The first-order valence-corrected chi connectivity index (χ1v) is 5.76. The third kappa shape index (κ3) is 3.15. The number of rotatable bonds is 4. The average molecular weight is 232 g/mol. The van der Waals surface area contributed by atoms with Crippen molar-refractivity contribution in [3.8, 4) is 0 Å². The van der Waals surface area contributed by atoms with E-state index in [1.54, 1.807) is 0 Å². The van der Waals surface area contributed by atoms with Gasteiger partial charge in [0.05, 0.1) is 6.10 Å². The monoisotopic (exact) mass is 232 g/mol. The second-order valence-corrected chi connectivity index (χ2v) is 4.81. The first-order valence-electron chi connectivity index (χ1n) is 4.28. The number of H-pyrrole nitrogens is 1. The molecule has 0 fully saturated rings. The van der Waals surface area contributed by atoms with Crippen LogP contribution >= 0.6 is 0 Å². The van der Waals surface area contributed by atoms with Crippen LogP contribution in [0, 0.1) is 0 Å². The van der Waals surface area contributed by atoms with E-state index in [0.717, 1.165) is 12.3 Å². The smallest absolute Gasteiger partial charge is 0.246 e. The van der Waals surface area contributed by atoms with E-state index in [1.807, 2.05) is 0 Å². The van der Waals surface area contributed by atoms with Crippen LogP contribution in [0.5, 0.6) is 0 Å². The van der Waals surface area contributed by atoms with Crippen LogP contribution in [0.2, 0.25) is 0 Å². The molecule has 0 saturated carbocycles. The zero-order valence-electron chi connectivity index (χ0n) is 8.10. The summed E-state index contributed by atoms with van der Waals surface area (Å²) in [5.41, 5.74) is -0.591. The number of sulfonamides is 1. The number of aromatic nitrogens is 1. The molecule has 0 aliphatic rings. The standard InChI is InChI=1S/C8H12N2O4S/c1-6(11)4-10-15(13,14)8-5-9-3-2-7(8)12/h2-3,5-6,10-11H,4H2,1H3,(H,9,12)/t6-/m1/s1. The first kappa shape index (κ1) is 11.9. The third-order valence-corrected chi connectivity index (χ3v) is 3.09. The number of aromatic amines is 1. The van der Waals surface area contributed by atoms with E-state index in [2.05, 4.69) is 9.71 Å². The van der Waals surface area contributed by atoms with Gasteiger partial charge in [0.25, 0.3) is 0 Å². The number of hydrogen-bond donors (Lipinski definition) is 3. The molecule has 3 N–H and O–H groups in total. The Kier molecular flexibility index (Phi) is 3.61. The predicted octanol–water partition coefficient (Wildman–Crippen LogP) is -0.966. The number of nitrogens with one attached hydrogen (secondary N) is 2. The fourth-order valence-electron chi connectivity index (χ4n) is 0.919. The Morgan fingerprint density at radius 2 is 2.27 bits per heavy atom. The summed E-state index contributed by atoms with van der Waals surface area (Å²) < 4.78 is 25.1. The summed E-state index contributed by atoms with van der Waals surface area (Å²) in [4.78, 5) is 13.4. The van der Waals surface area contributed by atoms with Gasteiger partial charge in [0.2, 0.25) is 15.5 Å². The minimum atomic E-state index is -3.84. The van der Waals surface area contributed by atoms with Crippen LogP contribution in [-0.4, -0.2) is 31.2 Å². The van der Waals surface area contributed by atoms with Crippen molar-refractivity contribution >= 4 is 10.0 Å². The highest BCUT2D eigenvalue weighted by molar-refractivity contribution is 7.89. The van der Waals surface area contributed by atoms with Crippen molar-refractivity contribution < 1.29 is 13.5 Å². The van der Waals surface area contributed by atoms with E-state index >= 15 is 0 Å². The van der Waals surface area contributed by atoms with Gasteiger partial charge in [0, 0.05) is 25.0 Å². The van der Waals surface area contributed by atoms with Gasteiger partial charge in [-0.25, -0.2) is 13.1 Å². The molecule has 7 heteroatoms. The highest BCUT2D eigenvalue weighted by Crippen LogP contribution is 1.99. The normalized spacial score (nSPS) is 13.7. The zero-order chi connectivity index (χ0) is 11.5. The van der Waals surface area contributed by atoms with Crippen molar-refractivity contribution in [3.63, 3.8) is 0 Å². The van der Waals surface area contributed by atoms with E-state index in [9.17, 15) is 13.2 Å². The predicted molar refractivity (Wildman–Crippen MR) is 53.9 cm³/mol. The molecule has 0 radical (unpaired) electrons. The molecule has 15 heavy (non-hydrogen) atoms. The van der Waals surface area contributed by atoms with Crippen molar-refractivity contribution in [3.05, 3.63) is 28.7 Å². The number of hydrogen-bond acceptors (Lipinski definition) is 4. The number of aliphatic hydroxyl groups is 1. The molecule has 0 unspecified atom stereocenters. The van der Waals surface area contributed by atoms with Crippen LogP contribution in [-0.2, 0) is 10.0 Å². The van der Waals surface area contributed by atoms with E-state index in [0.29, 0.717) is 0 Å². The Bertz CT molecular complexity index is 477. The van der Waals surface area contributed by atoms with Gasteiger partial charge >= 0.3 is 0 Å². The summed E-state index contributed by atoms with van der Waals surface area (Å²) in [6, 6.07) is 1.12. The minimum Gasteiger partial charge on any atom is -0.392 e. The van der Waals surface area contributed by atoms with Gasteiger partial charge < -0.3 is 10.1 Å². The molecule has 0 aromatic carbocycles. The Morgan fingerprint density at radius 3 is 2.80 bits per heavy atom. The molecule has 0 amide bonds. The molecule has 1 rings (SSSR count). The second-order valence-electron chi connectivity index (χ2n) is 3.07. The molecule has 84 valence electrons. The van der Waals surface area contributed by atoms with Gasteiger partial charge in [-0.15, -0.1) is 0 Å². The maximum Gasteiger partial charge on any atom is 0.246 e. The maximum absolute atomic E-state index is 11.5. The van der Waals surface area contributed by atoms with E-state index in [1.165, 1.54) is 13.1 Å². The summed E-state index contributed by atoms with van der Waals surface area (Å²) in [5, 5.41) is 8.92. The van der Waals surface area contributed by atoms with Gasteiger partial charge in [-0.3, -0.25) is 4.79 Å². The summed E-state index contributed by atoms with van der Waals surface area (Å²) in [6.07, 6.45) is 1.64. The molecule has 0 bridgehead atoms. The lowest BCUT2D eigenvalue weighted by Gasteiger charge is -2.07. The largest absolute Gasteiger partial charge is 0.392 e. The summed E-state index contributed by atoms with van der Waals surface area (Å²) in [6.45, 7) is 1.31. The average Bonchev–Trinajstić information content (AvgIpc) is 2.15. The Labute approximate surface area is 87.0 Å². The SMILES string of the molecule is C[C@@H](O)CNS(=O)(=O)c1c[nH]ccc1=O. The van der Waals surface area contributed by atoms with Crippen molar-refractivity contribution in [2.24, 2.45) is 0 Å². The van der Waals surface area contributed by atoms with Crippen LogP contribution in [0.4, 0.5) is 0 Å². The van der Waals surface area contributed by atoms with Crippen LogP contribution in [0.1, 0.15) is 6.92 Å². The summed E-state index contributed by atoms with van der Waals surface area (Å²) >= 11 is 0. The lowest BCUT2D eigenvalue weighted by molar-refractivity contribution is 0.198. The molecule has 0 aliphatic carbocycles. The van der Waals surface area contributed by atoms with Crippen molar-refractivity contribution in [1.82, 2.24) is 9.71 Å². The van der Waals surface area contributed by atoms with Crippen LogP contribution in [0.3, 0.4) is 0 Å². The topological polar surface area (TPSA) is 99.3 Å². The van der Waals surface area contributed by atoms with Crippen molar-refractivity contribution in [1.29, 1.82) is 0 Å². The van der Waals surface area contributed by atoms with E-state index < -0.39 is 21.6 Å². The van der Waals surface area contributed by atoms with Crippen molar-refractivity contribution in [2.75, 3.05) is 6.54 Å². The van der Waals surface area contributed by atoms with Crippen molar-refractivity contribution in [2.45, 2.75) is 17.9 Å². The fourth-order valence-corrected chi connectivity index (χ4v) is 2.09. The second kappa shape index (κ2) is 4.56. The molecule has 0 saturated heterocycles. The highest BCUT2D eigenvalue weighted by Gasteiger charge is 2.17. The first-order chi connectivity index (χ1) is 6.93. The molecule has 1 atom stereocenters. The van der Waals surface area contributed by atoms with Gasteiger partial charge in [-0.2, -0.15) is 0 Å². The fraction of sp³-hybridized carbons (Fsp3) is 0.375. The van der Waals surface area contributed by atoms with Gasteiger partial charge in [0.1, 0.15) is 4.90 Å². The Morgan fingerprint density at radius 1 is 1.60 bits per heavy atom. The zero-order valence-corrected chi connectivity index (χ0v) is 8.91. The summed E-state index contributed by atoms with van der Waals surface area (Å²) in [7, 11) is -3.84.